The largest absolute Gasteiger partial charge is 0.335 e. The number of piperazine rings is 1. The van der Waals surface area contributed by atoms with Crippen molar-refractivity contribution >= 4 is 6.03 Å². The molecule has 0 spiro atoms. The van der Waals surface area contributed by atoms with Gasteiger partial charge in [0.25, 0.3) is 0 Å². The highest BCUT2D eigenvalue weighted by Crippen LogP contribution is 2.23. The molecule has 2 fully saturated rings. The standard InChI is InChI=1S/C16H31N3O/c1-13-5-7-14(8-6-13)17-15(20)18-9-11-19(12-10-18)16(2,3)4/h13-14H,5-12H2,1-4H3,(H,17,20)/t13-,14-. The molecule has 116 valence electrons. The highest BCUT2D eigenvalue weighted by Gasteiger charge is 2.29. The highest BCUT2D eigenvalue weighted by atomic mass is 16.2. The van der Waals surface area contributed by atoms with E-state index in [4.69, 9.17) is 0 Å². The number of urea groups is 1. The third-order valence-electron chi connectivity index (χ3n) is 4.86. The SMILES string of the molecule is CC(C)(C)N1CCN(C(=O)N[C@H]2CC[C@H](C)CC2)CC1. The summed E-state index contributed by atoms with van der Waals surface area (Å²) < 4.78 is 0. The number of rotatable bonds is 1. The zero-order chi connectivity index (χ0) is 14.8. The molecule has 2 amide bonds. The van der Waals surface area contributed by atoms with Crippen LogP contribution in [0.1, 0.15) is 53.4 Å². The lowest BCUT2D eigenvalue weighted by Gasteiger charge is -2.42. The number of hydrogen-bond acceptors (Lipinski definition) is 2. The molecule has 0 aromatic rings. The Morgan fingerprint density at radius 3 is 2.05 bits per heavy atom. The summed E-state index contributed by atoms with van der Waals surface area (Å²) in [5.74, 6) is 0.832. The first-order valence-corrected chi connectivity index (χ1v) is 8.17. The zero-order valence-electron chi connectivity index (χ0n) is 13.6. The third-order valence-corrected chi connectivity index (χ3v) is 4.86. The molecule has 1 saturated heterocycles. The molecule has 1 heterocycles. The number of carbonyl (C=O) groups excluding carboxylic acids is 1. The summed E-state index contributed by atoms with van der Waals surface area (Å²) in [5, 5.41) is 3.23. The number of nitrogens with zero attached hydrogens (tertiary/aromatic N) is 2. The second-order valence-corrected chi connectivity index (χ2v) is 7.55. The molecule has 1 aliphatic carbocycles. The summed E-state index contributed by atoms with van der Waals surface area (Å²) in [6.07, 6.45) is 4.80. The first-order valence-electron chi connectivity index (χ1n) is 8.17. The Morgan fingerprint density at radius 1 is 1.00 bits per heavy atom. The van der Waals surface area contributed by atoms with E-state index in [9.17, 15) is 4.79 Å². The first kappa shape index (κ1) is 15.6. The minimum absolute atomic E-state index is 0.151. The molecule has 1 saturated carbocycles. The van der Waals surface area contributed by atoms with Gasteiger partial charge in [-0.05, 0) is 52.4 Å². The van der Waals surface area contributed by atoms with Crippen LogP contribution in [0.4, 0.5) is 4.79 Å². The van der Waals surface area contributed by atoms with Gasteiger partial charge in [-0.3, -0.25) is 4.90 Å². The van der Waals surface area contributed by atoms with Gasteiger partial charge in [-0.15, -0.1) is 0 Å². The molecule has 0 atom stereocenters. The van der Waals surface area contributed by atoms with E-state index in [2.05, 4.69) is 37.9 Å². The second-order valence-electron chi connectivity index (χ2n) is 7.55. The van der Waals surface area contributed by atoms with Gasteiger partial charge in [-0.2, -0.15) is 0 Å². The lowest BCUT2D eigenvalue weighted by molar-refractivity contribution is 0.0730. The van der Waals surface area contributed by atoms with Crippen LogP contribution in [0.2, 0.25) is 0 Å². The van der Waals surface area contributed by atoms with Crippen molar-refractivity contribution in [2.24, 2.45) is 5.92 Å². The maximum absolute atomic E-state index is 12.3. The maximum Gasteiger partial charge on any atom is 0.317 e. The minimum atomic E-state index is 0.151. The van der Waals surface area contributed by atoms with Crippen molar-refractivity contribution in [3.8, 4) is 0 Å². The molecule has 0 aromatic carbocycles. The van der Waals surface area contributed by atoms with Gasteiger partial charge in [0.05, 0.1) is 0 Å². The van der Waals surface area contributed by atoms with E-state index in [0.29, 0.717) is 6.04 Å². The quantitative estimate of drug-likeness (QED) is 0.802. The van der Waals surface area contributed by atoms with Crippen molar-refractivity contribution < 1.29 is 4.79 Å². The van der Waals surface area contributed by atoms with Gasteiger partial charge >= 0.3 is 6.03 Å². The number of carbonyl (C=O) groups is 1. The predicted octanol–water partition coefficient (Wildman–Crippen LogP) is 2.69. The van der Waals surface area contributed by atoms with E-state index < -0.39 is 0 Å². The molecule has 2 aliphatic rings. The molecule has 0 unspecified atom stereocenters. The molecular weight excluding hydrogens is 250 g/mol. The normalized spacial score (nSPS) is 29.3. The molecule has 4 heteroatoms. The van der Waals surface area contributed by atoms with Gasteiger partial charge in [0, 0.05) is 37.8 Å². The van der Waals surface area contributed by atoms with Gasteiger partial charge in [0.1, 0.15) is 0 Å². The van der Waals surface area contributed by atoms with Gasteiger partial charge in [0.15, 0.2) is 0 Å². The molecule has 0 aromatic heterocycles. The van der Waals surface area contributed by atoms with E-state index in [1.165, 1.54) is 12.8 Å². The van der Waals surface area contributed by atoms with Crippen LogP contribution in [0.5, 0.6) is 0 Å². The van der Waals surface area contributed by atoms with Crippen LogP contribution in [0.25, 0.3) is 0 Å². The fourth-order valence-electron chi connectivity index (χ4n) is 3.25. The Labute approximate surface area is 123 Å². The molecule has 0 radical (unpaired) electrons. The molecule has 4 nitrogen and oxygen atoms in total. The molecule has 1 N–H and O–H groups in total. The van der Waals surface area contributed by atoms with Crippen LogP contribution in [0.3, 0.4) is 0 Å². The molecule has 20 heavy (non-hydrogen) atoms. The summed E-state index contributed by atoms with van der Waals surface area (Å²) in [4.78, 5) is 16.7. The summed E-state index contributed by atoms with van der Waals surface area (Å²) in [6.45, 7) is 12.7. The predicted molar refractivity (Wildman–Crippen MR) is 82.9 cm³/mol. The van der Waals surface area contributed by atoms with Crippen LogP contribution in [-0.2, 0) is 0 Å². The summed E-state index contributed by atoms with van der Waals surface area (Å²) >= 11 is 0. The summed E-state index contributed by atoms with van der Waals surface area (Å²) in [7, 11) is 0. The monoisotopic (exact) mass is 281 g/mol. The van der Waals surface area contributed by atoms with Gasteiger partial charge in [0.2, 0.25) is 0 Å². The number of amides is 2. The summed E-state index contributed by atoms with van der Waals surface area (Å²) in [6, 6.07) is 0.553. The van der Waals surface area contributed by atoms with Crippen molar-refractivity contribution in [3.05, 3.63) is 0 Å². The fourth-order valence-corrected chi connectivity index (χ4v) is 3.25. The molecular formula is C16H31N3O. The van der Waals surface area contributed by atoms with E-state index in [1.54, 1.807) is 0 Å². The average molecular weight is 281 g/mol. The lowest BCUT2D eigenvalue weighted by atomic mass is 9.87. The van der Waals surface area contributed by atoms with Crippen molar-refractivity contribution in [1.29, 1.82) is 0 Å². The fraction of sp³-hybridized carbons (Fsp3) is 0.938. The summed E-state index contributed by atoms with van der Waals surface area (Å²) in [5.41, 5.74) is 0.210. The maximum atomic E-state index is 12.3. The van der Waals surface area contributed by atoms with E-state index in [0.717, 1.165) is 44.9 Å². The molecule has 1 aliphatic heterocycles. The van der Waals surface area contributed by atoms with Crippen LogP contribution in [0, 0.1) is 5.92 Å². The smallest absolute Gasteiger partial charge is 0.317 e. The van der Waals surface area contributed by atoms with Crippen molar-refractivity contribution in [1.82, 2.24) is 15.1 Å². The Morgan fingerprint density at radius 2 is 1.55 bits per heavy atom. The van der Waals surface area contributed by atoms with E-state index in [1.807, 2.05) is 4.90 Å². The first-order chi connectivity index (χ1) is 9.36. The topological polar surface area (TPSA) is 35.6 Å². The highest BCUT2D eigenvalue weighted by molar-refractivity contribution is 5.74. The minimum Gasteiger partial charge on any atom is -0.335 e. The third kappa shape index (κ3) is 4.11. The Hall–Kier alpha value is -0.770. The Kier molecular flexibility index (Phi) is 4.95. The average Bonchev–Trinajstić information content (AvgIpc) is 2.40. The van der Waals surface area contributed by atoms with Gasteiger partial charge < -0.3 is 10.2 Å². The lowest BCUT2D eigenvalue weighted by Crippen LogP contribution is -2.57. The van der Waals surface area contributed by atoms with Crippen molar-refractivity contribution in [2.75, 3.05) is 26.2 Å². The van der Waals surface area contributed by atoms with Gasteiger partial charge in [-0.25, -0.2) is 4.79 Å². The Bertz CT molecular complexity index is 321. The van der Waals surface area contributed by atoms with Crippen molar-refractivity contribution in [3.63, 3.8) is 0 Å². The van der Waals surface area contributed by atoms with Crippen LogP contribution >= 0.6 is 0 Å². The van der Waals surface area contributed by atoms with E-state index in [-0.39, 0.29) is 11.6 Å². The molecule has 0 bridgehead atoms. The van der Waals surface area contributed by atoms with Crippen LogP contribution in [-0.4, -0.2) is 53.6 Å². The van der Waals surface area contributed by atoms with Crippen molar-refractivity contribution in [2.45, 2.75) is 65.0 Å². The molecule has 2 rings (SSSR count). The number of nitrogens with one attached hydrogen (secondary N) is 1. The second kappa shape index (κ2) is 6.33. The number of hydrogen-bond donors (Lipinski definition) is 1. The zero-order valence-corrected chi connectivity index (χ0v) is 13.6. The van der Waals surface area contributed by atoms with Gasteiger partial charge in [-0.1, -0.05) is 6.92 Å². The van der Waals surface area contributed by atoms with Crippen LogP contribution in [0.15, 0.2) is 0 Å². The van der Waals surface area contributed by atoms with Crippen LogP contribution < -0.4 is 5.32 Å². The Balaban J connectivity index is 1.75. The van der Waals surface area contributed by atoms with E-state index >= 15 is 0 Å².